The van der Waals surface area contributed by atoms with Crippen molar-refractivity contribution in [3.8, 4) is 0 Å². The van der Waals surface area contributed by atoms with Crippen molar-refractivity contribution in [3.63, 3.8) is 0 Å². The lowest BCUT2D eigenvalue weighted by atomic mass is 9.75. The van der Waals surface area contributed by atoms with E-state index >= 15 is 0 Å². The highest BCUT2D eigenvalue weighted by Gasteiger charge is 2.34. The summed E-state index contributed by atoms with van der Waals surface area (Å²) in [5.74, 6) is 2.02. The second kappa shape index (κ2) is 5.75. The van der Waals surface area contributed by atoms with E-state index in [4.69, 9.17) is 0 Å². The quantitative estimate of drug-likeness (QED) is 0.758. The number of hydrogen-bond donors (Lipinski definition) is 0. The lowest BCUT2D eigenvalue weighted by molar-refractivity contribution is 0.0520. The van der Waals surface area contributed by atoms with Gasteiger partial charge in [-0.15, -0.1) is 11.3 Å². The van der Waals surface area contributed by atoms with E-state index in [1.807, 2.05) is 11.3 Å². The third-order valence-corrected chi connectivity index (χ3v) is 6.96. The summed E-state index contributed by atoms with van der Waals surface area (Å²) < 4.78 is 0. The Morgan fingerprint density at radius 1 is 1.05 bits per heavy atom. The van der Waals surface area contributed by atoms with Gasteiger partial charge in [-0.2, -0.15) is 0 Å². The number of likely N-dealkylation sites (tertiary alicyclic amines) is 1. The molecule has 0 N–H and O–H groups in total. The van der Waals surface area contributed by atoms with E-state index in [1.54, 1.807) is 0 Å². The highest BCUT2D eigenvalue weighted by Crippen LogP contribution is 2.37. The third-order valence-electron chi connectivity index (χ3n) is 5.87. The molecule has 0 spiro atoms. The van der Waals surface area contributed by atoms with Crippen LogP contribution in [-0.2, 0) is 12.8 Å². The highest BCUT2D eigenvalue weighted by atomic mass is 32.1. The Bertz CT molecular complexity index is 535. The Labute approximate surface area is 131 Å². The fourth-order valence-corrected chi connectivity index (χ4v) is 5.75. The normalized spacial score (nSPS) is 28.9. The van der Waals surface area contributed by atoms with Gasteiger partial charge in [-0.1, -0.05) is 19.3 Å². The number of amides is 1. The molecule has 2 atom stereocenters. The smallest absolute Gasteiger partial charge is 0.254 e. The molecule has 1 aromatic rings. The average molecular weight is 303 g/mol. The predicted molar refractivity (Wildman–Crippen MR) is 86.9 cm³/mol. The number of nitrogens with zero attached hydrogens (tertiary/aromatic N) is 1. The molecule has 3 aliphatic rings. The van der Waals surface area contributed by atoms with Crippen molar-refractivity contribution in [2.75, 3.05) is 13.1 Å². The van der Waals surface area contributed by atoms with Gasteiger partial charge in [0.1, 0.15) is 0 Å². The van der Waals surface area contributed by atoms with E-state index in [9.17, 15) is 4.79 Å². The van der Waals surface area contributed by atoms with Gasteiger partial charge in [0.15, 0.2) is 0 Å². The van der Waals surface area contributed by atoms with Gasteiger partial charge in [0.05, 0.1) is 5.56 Å². The van der Waals surface area contributed by atoms with Crippen LogP contribution in [0.2, 0.25) is 0 Å². The van der Waals surface area contributed by atoms with Crippen LogP contribution >= 0.6 is 11.3 Å². The maximum absolute atomic E-state index is 12.9. The molecule has 1 aromatic heterocycles. The third kappa shape index (κ3) is 2.54. The number of hydrogen-bond acceptors (Lipinski definition) is 2. The lowest BCUT2D eigenvalue weighted by Crippen LogP contribution is -2.44. The summed E-state index contributed by atoms with van der Waals surface area (Å²) in [6, 6.07) is 0. The van der Waals surface area contributed by atoms with Crippen molar-refractivity contribution in [1.82, 2.24) is 4.90 Å². The molecule has 0 aromatic carbocycles. The monoisotopic (exact) mass is 303 g/mol. The zero-order valence-electron chi connectivity index (χ0n) is 12.8. The van der Waals surface area contributed by atoms with Gasteiger partial charge in [-0.05, 0) is 55.9 Å². The topological polar surface area (TPSA) is 20.3 Å². The first kappa shape index (κ1) is 13.8. The fourth-order valence-electron chi connectivity index (χ4n) is 4.63. The second-order valence-corrected chi connectivity index (χ2v) is 8.07. The van der Waals surface area contributed by atoms with Crippen molar-refractivity contribution in [3.05, 3.63) is 21.4 Å². The predicted octanol–water partition coefficient (Wildman–Crippen LogP) is 4.28. The number of aryl methyl sites for hydroxylation is 1. The zero-order chi connectivity index (χ0) is 14.2. The summed E-state index contributed by atoms with van der Waals surface area (Å²) in [7, 11) is 0. The van der Waals surface area contributed by atoms with Gasteiger partial charge in [-0.25, -0.2) is 0 Å². The Kier molecular flexibility index (Phi) is 3.78. The van der Waals surface area contributed by atoms with Crippen LogP contribution in [-0.4, -0.2) is 23.9 Å². The number of carbonyl (C=O) groups is 1. The molecule has 0 bridgehead atoms. The summed E-state index contributed by atoms with van der Waals surface area (Å²) in [6.45, 7) is 2.01. The van der Waals surface area contributed by atoms with Gasteiger partial charge in [0.2, 0.25) is 0 Å². The van der Waals surface area contributed by atoms with E-state index in [2.05, 4.69) is 10.3 Å². The van der Waals surface area contributed by atoms with Gasteiger partial charge >= 0.3 is 0 Å². The first-order valence-electron chi connectivity index (χ1n) is 8.71. The standard InChI is InChI=1S/C18H25NOS/c20-18(16-12-21-17-8-4-3-7-15(16)17)19-10-9-13-5-1-2-6-14(13)11-19/h12-14H,1-11H2/t13-,14+/m1/s1. The van der Waals surface area contributed by atoms with Crippen molar-refractivity contribution in [2.24, 2.45) is 11.8 Å². The summed E-state index contributed by atoms with van der Waals surface area (Å²) in [5.41, 5.74) is 2.44. The summed E-state index contributed by atoms with van der Waals surface area (Å²) in [5, 5.41) is 2.14. The van der Waals surface area contributed by atoms with Crippen LogP contribution < -0.4 is 0 Å². The van der Waals surface area contributed by atoms with E-state index < -0.39 is 0 Å². The van der Waals surface area contributed by atoms with Crippen molar-refractivity contribution in [1.29, 1.82) is 0 Å². The van der Waals surface area contributed by atoms with Crippen LogP contribution in [0.3, 0.4) is 0 Å². The molecule has 0 radical (unpaired) electrons. The van der Waals surface area contributed by atoms with Crippen LogP contribution in [0.25, 0.3) is 0 Å². The molecule has 1 saturated carbocycles. The minimum atomic E-state index is 0.332. The number of fused-ring (bicyclic) bond motifs is 2. The molecule has 3 heteroatoms. The number of piperidine rings is 1. The Morgan fingerprint density at radius 3 is 2.76 bits per heavy atom. The van der Waals surface area contributed by atoms with E-state index in [0.29, 0.717) is 5.91 Å². The van der Waals surface area contributed by atoms with Crippen molar-refractivity contribution in [2.45, 2.75) is 57.8 Å². The van der Waals surface area contributed by atoms with Gasteiger partial charge < -0.3 is 4.90 Å². The molecular formula is C18H25NOS. The molecule has 4 rings (SSSR count). The molecule has 114 valence electrons. The van der Waals surface area contributed by atoms with E-state index in [0.717, 1.165) is 36.9 Å². The van der Waals surface area contributed by atoms with Crippen molar-refractivity contribution < 1.29 is 4.79 Å². The molecule has 2 nitrogen and oxygen atoms in total. The zero-order valence-corrected chi connectivity index (χ0v) is 13.6. The molecule has 2 fully saturated rings. The molecule has 1 aliphatic heterocycles. The van der Waals surface area contributed by atoms with Gasteiger partial charge in [-0.3, -0.25) is 4.79 Å². The van der Waals surface area contributed by atoms with Crippen LogP contribution in [0.1, 0.15) is 65.7 Å². The first-order valence-corrected chi connectivity index (χ1v) is 9.59. The summed E-state index contributed by atoms with van der Waals surface area (Å²) in [6.07, 6.45) is 11.6. The van der Waals surface area contributed by atoms with E-state index in [1.165, 1.54) is 61.8 Å². The van der Waals surface area contributed by atoms with E-state index in [-0.39, 0.29) is 0 Å². The Hall–Kier alpha value is -0.830. The number of rotatable bonds is 1. The maximum atomic E-state index is 12.9. The Morgan fingerprint density at radius 2 is 1.86 bits per heavy atom. The second-order valence-electron chi connectivity index (χ2n) is 7.10. The molecule has 21 heavy (non-hydrogen) atoms. The molecular weight excluding hydrogens is 278 g/mol. The first-order chi connectivity index (χ1) is 10.3. The van der Waals surface area contributed by atoms with Crippen LogP contribution in [0.15, 0.2) is 5.38 Å². The van der Waals surface area contributed by atoms with Crippen LogP contribution in [0, 0.1) is 11.8 Å². The summed E-state index contributed by atoms with van der Waals surface area (Å²) >= 11 is 1.82. The minimum absolute atomic E-state index is 0.332. The fraction of sp³-hybridized carbons (Fsp3) is 0.722. The largest absolute Gasteiger partial charge is 0.338 e. The number of thiophene rings is 1. The Balaban J connectivity index is 1.51. The van der Waals surface area contributed by atoms with Crippen molar-refractivity contribution >= 4 is 17.2 Å². The molecule has 1 amide bonds. The molecule has 0 unspecified atom stereocenters. The molecule has 2 aliphatic carbocycles. The van der Waals surface area contributed by atoms with Gasteiger partial charge in [0.25, 0.3) is 5.91 Å². The maximum Gasteiger partial charge on any atom is 0.254 e. The van der Waals surface area contributed by atoms with Crippen LogP contribution in [0.4, 0.5) is 0 Å². The number of carbonyl (C=O) groups excluding carboxylic acids is 1. The SMILES string of the molecule is O=C(c1csc2c1CCCC2)N1CC[C@H]2CCCC[C@H]2C1. The summed E-state index contributed by atoms with van der Waals surface area (Å²) in [4.78, 5) is 16.6. The molecule has 1 saturated heterocycles. The highest BCUT2D eigenvalue weighted by molar-refractivity contribution is 7.10. The van der Waals surface area contributed by atoms with Gasteiger partial charge in [0, 0.05) is 23.3 Å². The minimum Gasteiger partial charge on any atom is -0.338 e. The lowest BCUT2D eigenvalue weighted by Gasteiger charge is -2.41. The average Bonchev–Trinajstić information content (AvgIpc) is 2.98. The van der Waals surface area contributed by atoms with Crippen LogP contribution in [0.5, 0.6) is 0 Å². The molecule has 2 heterocycles.